The van der Waals surface area contributed by atoms with E-state index >= 15 is 0 Å². The lowest BCUT2D eigenvalue weighted by Crippen LogP contribution is -2.57. The van der Waals surface area contributed by atoms with Crippen LogP contribution >= 0.6 is 0 Å². The number of fused-ring (bicyclic) bond motifs is 1. The van der Waals surface area contributed by atoms with E-state index in [9.17, 15) is 14.4 Å². The van der Waals surface area contributed by atoms with Crippen molar-refractivity contribution >= 4 is 28.7 Å². The fraction of sp³-hybridized carbons (Fsp3) is 0.556. The fourth-order valence-electron chi connectivity index (χ4n) is 4.41. The molecule has 2 aromatic rings. The number of aromatic nitrogens is 1. The van der Waals surface area contributed by atoms with Crippen LogP contribution in [0.4, 0.5) is 4.79 Å². The van der Waals surface area contributed by atoms with Crippen molar-refractivity contribution in [3.8, 4) is 5.88 Å². The van der Waals surface area contributed by atoms with Gasteiger partial charge in [0.1, 0.15) is 18.2 Å². The van der Waals surface area contributed by atoms with Crippen molar-refractivity contribution in [2.45, 2.75) is 78.0 Å². The van der Waals surface area contributed by atoms with Gasteiger partial charge in [0.25, 0.3) is 0 Å². The van der Waals surface area contributed by atoms with E-state index in [1.165, 1.54) is 4.90 Å². The van der Waals surface area contributed by atoms with Gasteiger partial charge in [0.2, 0.25) is 17.7 Å². The molecular formula is C27H38N4O5. The topological polar surface area (TPSA) is 124 Å². The van der Waals surface area contributed by atoms with Crippen LogP contribution in [-0.4, -0.2) is 59.1 Å². The minimum Gasteiger partial charge on any atom is -0.472 e. The van der Waals surface area contributed by atoms with Crippen molar-refractivity contribution in [1.82, 2.24) is 15.2 Å². The van der Waals surface area contributed by atoms with E-state index in [0.717, 1.165) is 36.5 Å². The second-order valence-electron chi connectivity index (χ2n) is 10.4. The lowest BCUT2D eigenvalue weighted by Gasteiger charge is -2.34. The molecule has 3 atom stereocenters. The Kier molecular flexibility index (Phi) is 9.12. The van der Waals surface area contributed by atoms with Crippen LogP contribution in [-0.2, 0) is 14.3 Å². The molecule has 0 radical (unpaired) electrons. The zero-order chi connectivity index (χ0) is 26.3. The van der Waals surface area contributed by atoms with Crippen molar-refractivity contribution in [3.63, 3.8) is 0 Å². The lowest BCUT2D eigenvalue weighted by molar-refractivity contribution is -0.141. The molecule has 0 unspecified atom stereocenters. The molecule has 0 bridgehead atoms. The molecule has 1 aromatic heterocycles. The maximum absolute atomic E-state index is 13.6. The standard InChI is InChI=1S/C27H38N4O5/c1-5-6-7-10-15-35-26(34)30-22(27(2,3)4)25(33)31-17-19(16-21(31)23(28)32)36-24-20-12-9-8-11-18(20)13-14-29-24/h8-9,11-14,19,21-22H,5-7,10,15-17H2,1-4H3,(H2,28,32)(H,30,34)/t19-,21+,22-/m1/s1. The quantitative estimate of drug-likeness (QED) is 0.480. The molecule has 0 spiro atoms. The minimum absolute atomic E-state index is 0.150. The van der Waals surface area contributed by atoms with Crippen LogP contribution in [0, 0.1) is 5.41 Å². The summed E-state index contributed by atoms with van der Waals surface area (Å²) in [5.74, 6) is -0.578. The zero-order valence-electron chi connectivity index (χ0n) is 21.7. The van der Waals surface area contributed by atoms with E-state index in [-0.39, 0.29) is 13.0 Å². The van der Waals surface area contributed by atoms with Gasteiger partial charge < -0.3 is 25.4 Å². The Morgan fingerprint density at radius 1 is 1.17 bits per heavy atom. The van der Waals surface area contributed by atoms with Gasteiger partial charge in [-0.2, -0.15) is 0 Å². The maximum Gasteiger partial charge on any atom is 0.407 e. The van der Waals surface area contributed by atoms with Gasteiger partial charge in [-0.15, -0.1) is 0 Å². The number of nitrogens with zero attached hydrogens (tertiary/aromatic N) is 2. The Bertz CT molecular complexity index is 1060. The SMILES string of the molecule is CCCCCCOC(=O)N[C@H](C(=O)N1C[C@H](Oc2nccc3ccccc23)C[C@H]1C(N)=O)C(C)(C)C. The van der Waals surface area contributed by atoms with Gasteiger partial charge in [-0.25, -0.2) is 9.78 Å². The molecular weight excluding hydrogens is 460 g/mol. The number of carbonyl (C=O) groups excluding carboxylic acids is 3. The monoisotopic (exact) mass is 498 g/mol. The van der Waals surface area contributed by atoms with E-state index in [1.807, 2.05) is 51.1 Å². The molecule has 2 heterocycles. The third-order valence-corrected chi connectivity index (χ3v) is 6.40. The molecule has 0 aliphatic carbocycles. The molecule has 3 amide bonds. The Hall–Kier alpha value is -3.36. The Balaban J connectivity index is 1.72. The Morgan fingerprint density at radius 2 is 1.92 bits per heavy atom. The first kappa shape index (κ1) is 27.2. The predicted molar refractivity (Wildman–Crippen MR) is 137 cm³/mol. The molecule has 1 fully saturated rings. The predicted octanol–water partition coefficient (Wildman–Crippen LogP) is 3.79. The maximum atomic E-state index is 13.6. The van der Waals surface area contributed by atoms with E-state index in [2.05, 4.69) is 17.2 Å². The number of unbranched alkanes of at least 4 members (excludes halogenated alkanes) is 3. The van der Waals surface area contributed by atoms with Crippen LogP contribution in [0.5, 0.6) is 5.88 Å². The van der Waals surface area contributed by atoms with Crippen molar-refractivity contribution in [2.24, 2.45) is 11.1 Å². The molecule has 1 aromatic carbocycles. The number of nitrogens with two attached hydrogens (primary N) is 1. The smallest absolute Gasteiger partial charge is 0.407 e. The van der Waals surface area contributed by atoms with E-state index < -0.39 is 41.5 Å². The summed E-state index contributed by atoms with van der Waals surface area (Å²) >= 11 is 0. The number of likely N-dealkylation sites (tertiary alicyclic amines) is 1. The molecule has 9 heteroatoms. The van der Waals surface area contributed by atoms with Crippen LogP contribution in [0.25, 0.3) is 10.8 Å². The number of primary amides is 1. The van der Waals surface area contributed by atoms with Crippen LogP contribution in [0.1, 0.15) is 59.8 Å². The average molecular weight is 499 g/mol. The van der Waals surface area contributed by atoms with Crippen molar-refractivity contribution < 1.29 is 23.9 Å². The highest BCUT2D eigenvalue weighted by molar-refractivity contribution is 5.92. The number of hydrogen-bond donors (Lipinski definition) is 2. The highest BCUT2D eigenvalue weighted by Gasteiger charge is 2.45. The summed E-state index contributed by atoms with van der Waals surface area (Å²) in [4.78, 5) is 44.2. The Morgan fingerprint density at radius 3 is 2.61 bits per heavy atom. The van der Waals surface area contributed by atoms with Gasteiger partial charge in [-0.3, -0.25) is 9.59 Å². The van der Waals surface area contributed by atoms with Crippen LogP contribution in [0.15, 0.2) is 36.5 Å². The van der Waals surface area contributed by atoms with Crippen molar-refractivity contribution in [2.75, 3.05) is 13.2 Å². The second-order valence-corrected chi connectivity index (χ2v) is 10.4. The molecule has 3 rings (SSSR count). The zero-order valence-corrected chi connectivity index (χ0v) is 21.7. The summed E-state index contributed by atoms with van der Waals surface area (Å²) in [5.41, 5.74) is 5.04. The minimum atomic E-state index is -0.906. The number of benzene rings is 1. The van der Waals surface area contributed by atoms with Gasteiger partial charge in [0.15, 0.2) is 0 Å². The molecule has 36 heavy (non-hydrogen) atoms. The van der Waals surface area contributed by atoms with Crippen LogP contribution in [0.2, 0.25) is 0 Å². The van der Waals surface area contributed by atoms with Gasteiger partial charge in [-0.1, -0.05) is 65.2 Å². The first-order valence-electron chi connectivity index (χ1n) is 12.6. The first-order chi connectivity index (χ1) is 17.1. The number of pyridine rings is 1. The highest BCUT2D eigenvalue weighted by Crippen LogP contribution is 2.30. The third-order valence-electron chi connectivity index (χ3n) is 6.40. The fourth-order valence-corrected chi connectivity index (χ4v) is 4.41. The summed E-state index contributed by atoms with van der Waals surface area (Å²) in [6.45, 7) is 8.09. The summed E-state index contributed by atoms with van der Waals surface area (Å²) in [5, 5.41) is 4.54. The van der Waals surface area contributed by atoms with Crippen LogP contribution in [0.3, 0.4) is 0 Å². The molecule has 1 saturated heterocycles. The molecule has 3 N–H and O–H groups in total. The molecule has 1 aliphatic heterocycles. The van der Waals surface area contributed by atoms with Crippen molar-refractivity contribution in [3.05, 3.63) is 36.5 Å². The van der Waals surface area contributed by atoms with E-state index in [0.29, 0.717) is 12.5 Å². The van der Waals surface area contributed by atoms with Gasteiger partial charge in [0, 0.05) is 18.0 Å². The summed E-state index contributed by atoms with van der Waals surface area (Å²) in [6, 6.07) is 7.84. The number of alkyl carbamates (subject to hydrolysis) is 1. The molecule has 1 aliphatic rings. The largest absolute Gasteiger partial charge is 0.472 e. The van der Waals surface area contributed by atoms with Gasteiger partial charge in [-0.05, 0) is 29.4 Å². The van der Waals surface area contributed by atoms with Crippen LogP contribution < -0.4 is 15.8 Å². The normalized spacial score (nSPS) is 18.6. The van der Waals surface area contributed by atoms with Crippen molar-refractivity contribution in [1.29, 1.82) is 0 Å². The van der Waals surface area contributed by atoms with E-state index in [1.54, 1.807) is 6.20 Å². The number of hydrogen-bond acceptors (Lipinski definition) is 6. The number of ether oxygens (including phenoxy) is 2. The summed E-state index contributed by atoms with van der Waals surface area (Å²) in [7, 11) is 0. The molecule has 0 saturated carbocycles. The van der Waals surface area contributed by atoms with Gasteiger partial charge >= 0.3 is 6.09 Å². The lowest BCUT2D eigenvalue weighted by atomic mass is 9.85. The number of amides is 3. The Labute approximate surface area is 212 Å². The number of rotatable bonds is 10. The summed E-state index contributed by atoms with van der Waals surface area (Å²) < 4.78 is 11.5. The first-order valence-corrected chi connectivity index (χ1v) is 12.6. The number of carbonyl (C=O) groups is 3. The van der Waals surface area contributed by atoms with E-state index in [4.69, 9.17) is 15.2 Å². The summed E-state index contributed by atoms with van der Waals surface area (Å²) in [6.07, 6.45) is 4.69. The van der Waals surface area contributed by atoms with Gasteiger partial charge in [0.05, 0.1) is 13.2 Å². The molecule has 196 valence electrons. The highest BCUT2D eigenvalue weighted by atomic mass is 16.5. The molecule has 9 nitrogen and oxygen atoms in total. The number of nitrogens with one attached hydrogen (secondary N) is 1. The third kappa shape index (κ3) is 6.86. The second kappa shape index (κ2) is 12.1. The average Bonchev–Trinajstić information content (AvgIpc) is 3.26.